The average molecular weight is 155 g/mol. The largest absolute Gasteiger partial charge is 0.465 e. The number of rotatable bonds is 1. The normalized spacial score (nSPS) is 10.4. The standard InChI is InChI=1S/C8H13NO2/c1-5-6-9(7(10)11)8(2,3)4/h1H,6H2,2-4H3,(H,10,11). The van der Waals surface area contributed by atoms with Gasteiger partial charge in [-0.05, 0) is 20.8 Å². The Hall–Kier alpha value is -1.17. The van der Waals surface area contributed by atoms with Gasteiger partial charge in [0, 0.05) is 5.54 Å². The van der Waals surface area contributed by atoms with Gasteiger partial charge < -0.3 is 5.11 Å². The highest BCUT2D eigenvalue weighted by molar-refractivity contribution is 5.66. The summed E-state index contributed by atoms with van der Waals surface area (Å²) in [6.07, 6.45) is 4.03. The zero-order valence-electron chi connectivity index (χ0n) is 7.09. The maximum absolute atomic E-state index is 10.6. The zero-order valence-corrected chi connectivity index (χ0v) is 7.09. The number of hydrogen-bond acceptors (Lipinski definition) is 1. The molecule has 0 unspecified atom stereocenters. The van der Waals surface area contributed by atoms with Crippen molar-refractivity contribution in [2.45, 2.75) is 26.3 Å². The summed E-state index contributed by atoms with van der Waals surface area (Å²) in [4.78, 5) is 11.8. The van der Waals surface area contributed by atoms with Crippen molar-refractivity contribution in [3.05, 3.63) is 0 Å². The average Bonchev–Trinajstić information content (AvgIpc) is 1.79. The first-order chi connectivity index (χ1) is 4.89. The van der Waals surface area contributed by atoms with E-state index in [1.165, 1.54) is 4.90 Å². The fourth-order valence-electron chi connectivity index (χ4n) is 0.683. The van der Waals surface area contributed by atoms with Crippen molar-refractivity contribution in [3.8, 4) is 12.3 Å². The van der Waals surface area contributed by atoms with Crippen LogP contribution in [0.5, 0.6) is 0 Å². The molecule has 3 heteroatoms. The second-order valence-electron chi connectivity index (χ2n) is 3.24. The van der Waals surface area contributed by atoms with Crippen molar-refractivity contribution in [1.29, 1.82) is 0 Å². The first-order valence-corrected chi connectivity index (χ1v) is 3.33. The number of hydrogen-bond donors (Lipinski definition) is 1. The van der Waals surface area contributed by atoms with Crippen LogP contribution in [-0.2, 0) is 0 Å². The first kappa shape index (κ1) is 9.83. The molecule has 1 amide bonds. The lowest BCUT2D eigenvalue weighted by Crippen LogP contribution is -2.44. The number of carboxylic acid groups (broad SMARTS) is 1. The van der Waals surface area contributed by atoms with Crippen LogP contribution in [0.2, 0.25) is 0 Å². The SMILES string of the molecule is C#CCN(C(=O)O)C(C)(C)C. The molecule has 62 valence electrons. The van der Waals surface area contributed by atoms with E-state index in [4.69, 9.17) is 11.5 Å². The van der Waals surface area contributed by atoms with Gasteiger partial charge in [0.05, 0.1) is 6.54 Å². The van der Waals surface area contributed by atoms with Gasteiger partial charge in [0.1, 0.15) is 0 Å². The molecule has 0 spiro atoms. The van der Waals surface area contributed by atoms with Crippen LogP contribution in [0.3, 0.4) is 0 Å². The van der Waals surface area contributed by atoms with Crippen LogP contribution in [0.15, 0.2) is 0 Å². The molecule has 0 atom stereocenters. The van der Waals surface area contributed by atoms with Crippen molar-refractivity contribution < 1.29 is 9.90 Å². The third-order valence-corrected chi connectivity index (χ3v) is 1.29. The summed E-state index contributed by atoms with van der Waals surface area (Å²) in [5.74, 6) is 2.30. The van der Waals surface area contributed by atoms with Gasteiger partial charge in [-0.2, -0.15) is 0 Å². The Labute approximate surface area is 67.0 Å². The second kappa shape index (κ2) is 3.29. The Balaban J connectivity index is 4.38. The molecule has 0 saturated heterocycles. The van der Waals surface area contributed by atoms with E-state index in [0.29, 0.717) is 0 Å². The van der Waals surface area contributed by atoms with E-state index in [2.05, 4.69) is 5.92 Å². The molecule has 0 aromatic carbocycles. The van der Waals surface area contributed by atoms with E-state index in [1.807, 2.05) is 0 Å². The molecule has 3 nitrogen and oxygen atoms in total. The predicted octanol–water partition coefficient (Wildman–Crippen LogP) is 1.40. The van der Waals surface area contributed by atoms with Gasteiger partial charge in [-0.1, -0.05) is 5.92 Å². The summed E-state index contributed by atoms with van der Waals surface area (Å²) in [7, 11) is 0. The number of carbonyl (C=O) groups is 1. The van der Waals surface area contributed by atoms with Gasteiger partial charge in [-0.25, -0.2) is 4.79 Å². The van der Waals surface area contributed by atoms with Crippen molar-refractivity contribution in [3.63, 3.8) is 0 Å². The minimum atomic E-state index is -0.976. The third kappa shape index (κ3) is 2.94. The van der Waals surface area contributed by atoms with Crippen molar-refractivity contribution in [1.82, 2.24) is 4.90 Å². The molecule has 0 fully saturated rings. The highest BCUT2D eigenvalue weighted by atomic mass is 16.4. The Morgan fingerprint density at radius 2 is 2.09 bits per heavy atom. The van der Waals surface area contributed by atoms with Crippen LogP contribution < -0.4 is 0 Å². The zero-order chi connectivity index (χ0) is 9.07. The molecule has 0 aliphatic carbocycles. The molecule has 0 aromatic rings. The van der Waals surface area contributed by atoms with Gasteiger partial charge in [0.15, 0.2) is 0 Å². The Kier molecular flexibility index (Phi) is 2.94. The maximum Gasteiger partial charge on any atom is 0.408 e. The minimum absolute atomic E-state index is 0.138. The maximum atomic E-state index is 10.6. The van der Waals surface area contributed by atoms with E-state index in [1.54, 1.807) is 20.8 Å². The molecule has 0 heterocycles. The van der Waals surface area contributed by atoms with E-state index < -0.39 is 11.6 Å². The number of nitrogens with zero attached hydrogens (tertiary/aromatic N) is 1. The third-order valence-electron chi connectivity index (χ3n) is 1.29. The van der Waals surface area contributed by atoms with Crippen LogP contribution in [0.4, 0.5) is 4.79 Å². The van der Waals surface area contributed by atoms with E-state index in [0.717, 1.165) is 0 Å². The van der Waals surface area contributed by atoms with Gasteiger partial charge in [-0.15, -0.1) is 6.42 Å². The fraction of sp³-hybridized carbons (Fsp3) is 0.625. The molecule has 11 heavy (non-hydrogen) atoms. The Bertz CT molecular complexity index is 185. The summed E-state index contributed by atoms with van der Waals surface area (Å²) in [6, 6.07) is 0. The molecule has 0 saturated carbocycles. The highest BCUT2D eigenvalue weighted by Gasteiger charge is 2.24. The first-order valence-electron chi connectivity index (χ1n) is 3.33. The summed E-state index contributed by atoms with van der Waals surface area (Å²) in [6.45, 7) is 5.55. The molecule has 1 N–H and O–H groups in total. The van der Waals surface area contributed by atoms with Gasteiger partial charge in [0.25, 0.3) is 0 Å². The lowest BCUT2D eigenvalue weighted by molar-refractivity contribution is 0.110. The van der Waals surface area contributed by atoms with Crippen LogP contribution in [0.25, 0.3) is 0 Å². The van der Waals surface area contributed by atoms with Gasteiger partial charge >= 0.3 is 6.09 Å². The monoisotopic (exact) mass is 155 g/mol. The Morgan fingerprint density at radius 1 is 1.64 bits per heavy atom. The van der Waals surface area contributed by atoms with Crippen LogP contribution >= 0.6 is 0 Å². The van der Waals surface area contributed by atoms with E-state index in [-0.39, 0.29) is 6.54 Å². The molecule has 0 radical (unpaired) electrons. The predicted molar refractivity (Wildman–Crippen MR) is 43.3 cm³/mol. The van der Waals surface area contributed by atoms with Crippen molar-refractivity contribution >= 4 is 6.09 Å². The molecular weight excluding hydrogens is 142 g/mol. The van der Waals surface area contributed by atoms with Gasteiger partial charge in [-0.3, -0.25) is 4.90 Å². The lowest BCUT2D eigenvalue weighted by Gasteiger charge is -2.31. The van der Waals surface area contributed by atoms with Crippen LogP contribution in [0, 0.1) is 12.3 Å². The topological polar surface area (TPSA) is 40.5 Å². The Morgan fingerprint density at radius 3 is 2.18 bits per heavy atom. The van der Waals surface area contributed by atoms with Crippen LogP contribution in [-0.4, -0.2) is 28.2 Å². The summed E-state index contributed by atoms with van der Waals surface area (Å²) >= 11 is 0. The lowest BCUT2D eigenvalue weighted by atomic mass is 10.1. The molecular formula is C8H13NO2. The van der Waals surface area contributed by atoms with Crippen LogP contribution in [0.1, 0.15) is 20.8 Å². The molecule has 0 aliphatic rings. The molecule has 0 rings (SSSR count). The smallest absolute Gasteiger partial charge is 0.408 e. The van der Waals surface area contributed by atoms with Crippen molar-refractivity contribution in [2.75, 3.05) is 6.54 Å². The molecule has 0 aliphatic heterocycles. The quantitative estimate of drug-likeness (QED) is 0.581. The second-order valence-corrected chi connectivity index (χ2v) is 3.24. The van der Waals surface area contributed by atoms with E-state index in [9.17, 15) is 4.79 Å². The molecule has 0 bridgehead atoms. The molecule has 0 aromatic heterocycles. The summed E-state index contributed by atoms with van der Waals surface area (Å²) < 4.78 is 0. The summed E-state index contributed by atoms with van der Waals surface area (Å²) in [5.41, 5.74) is -0.418. The fourth-order valence-corrected chi connectivity index (χ4v) is 0.683. The van der Waals surface area contributed by atoms with E-state index >= 15 is 0 Å². The number of amides is 1. The highest BCUT2D eigenvalue weighted by Crippen LogP contribution is 2.11. The minimum Gasteiger partial charge on any atom is -0.465 e. The number of terminal acetylenes is 1. The summed E-state index contributed by atoms with van der Waals surface area (Å²) in [5, 5.41) is 8.67. The van der Waals surface area contributed by atoms with Crippen molar-refractivity contribution in [2.24, 2.45) is 0 Å². The van der Waals surface area contributed by atoms with Gasteiger partial charge in [0.2, 0.25) is 0 Å².